The molecule has 3 nitrogen and oxygen atoms in total. The molecule has 0 spiro atoms. The lowest BCUT2D eigenvalue weighted by molar-refractivity contribution is -0.136. The minimum Gasteiger partial charge on any atom is -0.482 e. The van der Waals surface area contributed by atoms with Crippen LogP contribution in [0.3, 0.4) is 0 Å². The third kappa shape index (κ3) is 3.80. The molecule has 0 saturated carbocycles. The smallest absolute Gasteiger partial charge is 0.349 e. The molecule has 2 aromatic rings. The number of ether oxygens (including phenoxy) is 2. The molecule has 0 heterocycles. The van der Waals surface area contributed by atoms with Crippen LogP contribution in [-0.2, 0) is 4.79 Å². The number of rotatable bonds is 4. The van der Waals surface area contributed by atoms with E-state index in [9.17, 15) is 4.79 Å². The largest absolute Gasteiger partial charge is 0.482 e. The maximum absolute atomic E-state index is 11.9. The van der Waals surface area contributed by atoms with Crippen molar-refractivity contribution in [3.63, 3.8) is 0 Å². The van der Waals surface area contributed by atoms with Crippen molar-refractivity contribution in [2.24, 2.45) is 0 Å². The van der Waals surface area contributed by atoms with Crippen LogP contribution in [0.25, 0.3) is 0 Å². The highest BCUT2D eigenvalue weighted by Crippen LogP contribution is 2.26. The Morgan fingerprint density at radius 3 is 2.32 bits per heavy atom. The fourth-order valence-corrected chi connectivity index (χ4v) is 2.25. The van der Waals surface area contributed by atoms with Crippen LogP contribution in [0, 0.1) is 27.7 Å². The van der Waals surface area contributed by atoms with Gasteiger partial charge in [0.15, 0.2) is 6.61 Å². The number of carbonyl (C=O) groups is 1. The number of aryl methyl sites for hydroxylation is 3. The number of halogens is 1. The van der Waals surface area contributed by atoms with Crippen molar-refractivity contribution >= 4 is 17.6 Å². The van der Waals surface area contributed by atoms with E-state index in [-0.39, 0.29) is 6.61 Å². The van der Waals surface area contributed by atoms with Crippen molar-refractivity contribution in [1.82, 2.24) is 0 Å². The first-order valence-electron chi connectivity index (χ1n) is 7.05. The van der Waals surface area contributed by atoms with Crippen molar-refractivity contribution < 1.29 is 14.3 Å². The molecular formula is C18H19ClO3. The van der Waals surface area contributed by atoms with Crippen LogP contribution < -0.4 is 9.47 Å². The molecule has 22 heavy (non-hydrogen) atoms. The van der Waals surface area contributed by atoms with Gasteiger partial charge in [0.1, 0.15) is 11.5 Å². The van der Waals surface area contributed by atoms with Crippen LogP contribution >= 0.6 is 11.6 Å². The monoisotopic (exact) mass is 318 g/mol. The van der Waals surface area contributed by atoms with Gasteiger partial charge in [-0.2, -0.15) is 0 Å². The van der Waals surface area contributed by atoms with Crippen LogP contribution in [0.4, 0.5) is 0 Å². The Labute approximate surface area is 135 Å². The minimum absolute atomic E-state index is 0.134. The van der Waals surface area contributed by atoms with Crippen LogP contribution in [0.5, 0.6) is 11.5 Å². The number of esters is 1. The van der Waals surface area contributed by atoms with Gasteiger partial charge in [-0.15, -0.1) is 0 Å². The lowest BCUT2D eigenvalue weighted by atomic mass is 10.1. The highest BCUT2D eigenvalue weighted by Gasteiger charge is 2.10. The van der Waals surface area contributed by atoms with Crippen LogP contribution in [0.1, 0.15) is 22.3 Å². The first-order valence-corrected chi connectivity index (χ1v) is 7.42. The quantitative estimate of drug-likeness (QED) is 0.612. The van der Waals surface area contributed by atoms with E-state index in [2.05, 4.69) is 0 Å². The topological polar surface area (TPSA) is 35.5 Å². The normalized spacial score (nSPS) is 10.4. The highest BCUT2D eigenvalue weighted by atomic mass is 35.5. The second-order valence-electron chi connectivity index (χ2n) is 5.33. The van der Waals surface area contributed by atoms with Crippen LogP contribution in [-0.4, -0.2) is 12.6 Å². The van der Waals surface area contributed by atoms with Gasteiger partial charge in [0.05, 0.1) is 0 Å². The average molecular weight is 319 g/mol. The van der Waals surface area contributed by atoms with Gasteiger partial charge in [0.25, 0.3) is 0 Å². The Morgan fingerprint density at radius 1 is 1.05 bits per heavy atom. The summed E-state index contributed by atoms with van der Waals surface area (Å²) in [6.07, 6.45) is 0. The zero-order valence-corrected chi connectivity index (χ0v) is 14.0. The van der Waals surface area contributed by atoms with Crippen molar-refractivity contribution in [2.45, 2.75) is 27.7 Å². The Hall–Kier alpha value is -2.00. The zero-order chi connectivity index (χ0) is 16.3. The first-order chi connectivity index (χ1) is 10.4. The molecule has 0 radical (unpaired) electrons. The maximum Gasteiger partial charge on any atom is 0.349 e. The summed E-state index contributed by atoms with van der Waals surface area (Å²) in [6, 6.07) is 9.22. The molecular weight excluding hydrogens is 300 g/mol. The highest BCUT2D eigenvalue weighted by molar-refractivity contribution is 6.32. The molecule has 4 heteroatoms. The molecule has 0 atom stereocenters. The fourth-order valence-electron chi connectivity index (χ4n) is 2.14. The Kier molecular flexibility index (Phi) is 5.09. The summed E-state index contributed by atoms with van der Waals surface area (Å²) in [5.74, 6) is 0.733. The second kappa shape index (κ2) is 6.84. The summed E-state index contributed by atoms with van der Waals surface area (Å²) < 4.78 is 10.8. The molecule has 2 rings (SSSR count). The number of benzene rings is 2. The van der Waals surface area contributed by atoms with Crippen LogP contribution in [0.2, 0.25) is 5.02 Å². The summed E-state index contributed by atoms with van der Waals surface area (Å²) in [5, 5.41) is 0.687. The summed E-state index contributed by atoms with van der Waals surface area (Å²) in [5.41, 5.74) is 3.89. The van der Waals surface area contributed by atoms with Crippen molar-refractivity contribution in [2.75, 3.05) is 6.61 Å². The molecule has 0 aliphatic rings. The van der Waals surface area contributed by atoms with Gasteiger partial charge in [-0.05, 0) is 68.1 Å². The van der Waals surface area contributed by atoms with E-state index in [1.165, 1.54) is 0 Å². The third-order valence-corrected chi connectivity index (χ3v) is 4.14. The lowest BCUT2D eigenvalue weighted by Crippen LogP contribution is -2.18. The molecule has 2 aromatic carbocycles. The minimum atomic E-state index is -0.443. The summed E-state index contributed by atoms with van der Waals surface area (Å²) in [4.78, 5) is 11.9. The number of hydrogen-bond donors (Lipinski definition) is 0. The predicted molar refractivity (Wildman–Crippen MR) is 88.0 cm³/mol. The van der Waals surface area contributed by atoms with Crippen molar-refractivity contribution in [1.29, 1.82) is 0 Å². The molecule has 0 bridgehead atoms. The van der Waals surface area contributed by atoms with E-state index >= 15 is 0 Å². The van der Waals surface area contributed by atoms with E-state index in [0.29, 0.717) is 16.5 Å². The Morgan fingerprint density at radius 2 is 1.68 bits per heavy atom. The van der Waals surface area contributed by atoms with Gasteiger partial charge in [-0.1, -0.05) is 23.7 Å². The predicted octanol–water partition coefficient (Wildman–Crippen LogP) is 4.56. The van der Waals surface area contributed by atoms with Crippen LogP contribution in [0.15, 0.2) is 30.3 Å². The van der Waals surface area contributed by atoms with Gasteiger partial charge in [0.2, 0.25) is 0 Å². The van der Waals surface area contributed by atoms with Gasteiger partial charge in [-0.3, -0.25) is 0 Å². The summed E-state index contributed by atoms with van der Waals surface area (Å²) in [6.45, 7) is 7.57. The SMILES string of the molecule is Cc1cccc(OCC(=O)Oc2cc(C)c(Cl)c(C)c2)c1C. The lowest BCUT2D eigenvalue weighted by Gasteiger charge is -2.11. The van der Waals surface area contributed by atoms with E-state index in [1.54, 1.807) is 12.1 Å². The van der Waals surface area contributed by atoms with Gasteiger partial charge >= 0.3 is 5.97 Å². The molecule has 0 aliphatic carbocycles. The van der Waals surface area contributed by atoms with Crippen molar-refractivity contribution in [3.8, 4) is 11.5 Å². The fraction of sp³-hybridized carbons (Fsp3) is 0.278. The van der Waals surface area contributed by atoms with E-state index < -0.39 is 5.97 Å². The third-order valence-electron chi connectivity index (χ3n) is 3.54. The van der Waals surface area contributed by atoms with Gasteiger partial charge in [0, 0.05) is 5.02 Å². The molecule has 0 N–H and O–H groups in total. The van der Waals surface area contributed by atoms with E-state index in [4.69, 9.17) is 21.1 Å². The Balaban J connectivity index is 2.00. The van der Waals surface area contributed by atoms with E-state index in [1.807, 2.05) is 45.9 Å². The Bertz CT molecular complexity index is 684. The number of hydrogen-bond acceptors (Lipinski definition) is 3. The van der Waals surface area contributed by atoms with Crippen molar-refractivity contribution in [3.05, 3.63) is 57.6 Å². The number of carbonyl (C=O) groups excluding carboxylic acids is 1. The van der Waals surface area contributed by atoms with Gasteiger partial charge in [-0.25, -0.2) is 4.79 Å². The average Bonchev–Trinajstić information content (AvgIpc) is 2.46. The molecule has 0 amide bonds. The maximum atomic E-state index is 11.9. The zero-order valence-electron chi connectivity index (χ0n) is 13.2. The summed E-state index contributed by atoms with van der Waals surface area (Å²) in [7, 11) is 0. The molecule has 116 valence electrons. The van der Waals surface area contributed by atoms with Gasteiger partial charge < -0.3 is 9.47 Å². The molecule has 0 saturated heterocycles. The second-order valence-corrected chi connectivity index (χ2v) is 5.71. The molecule has 0 aromatic heterocycles. The summed E-state index contributed by atoms with van der Waals surface area (Å²) >= 11 is 6.09. The molecule has 0 aliphatic heterocycles. The molecule has 0 unspecified atom stereocenters. The standard InChI is InChI=1S/C18H19ClO3/c1-11-6-5-7-16(14(11)4)21-10-17(20)22-15-8-12(2)18(19)13(3)9-15/h5-9H,10H2,1-4H3. The first kappa shape index (κ1) is 16.4. The molecule has 0 fully saturated rings. The van der Waals surface area contributed by atoms with E-state index in [0.717, 1.165) is 22.3 Å².